The molecule has 2 N–H and O–H groups in total. The summed E-state index contributed by atoms with van der Waals surface area (Å²) in [6.45, 7) is 2.30. The second-order valence-corrected chi connectivity index (χ2v) is 4.37. The molecule has 0 amide bonds. The summed E-state index contributed by atoms with van der Waals surface area (Å²) in [6.07, 6.45) is 5.41. The third-order valence-electron chi connectivity index (χ3n) is 3.46. The number of hydrogen-bond donors (Lipinski definition) is 1. The van der Waals surface area contributed by atoms with Gasteiger partial charge in [0.1, 0.15) is 0 Å². The molecule has 13 heavy (non-hydrogen) atoms. The van der Waals surface area contributed by atoms with Gasteiger partial charge in [0.15, 0.2) is 0 Å². The number of rotatable bonds is 2. The highest BCUT2D eigenvalue weighted by atomic mass is 16.5. The van der Waals surface area contributed by atoms with Crippen molar-refractivity contribution in [2.45, 2.75) is 43.9 Å². The maximum atomic E-state index is 5.89. The van der Waals surface area contributed by atoms with Crippen LogP contribution in [0.4, 0.5) is 0 Å². The molecule has 76 valence electrons. The zero-order chi connectivity index (χ0) is 9.26. The van der Waals surface area contributed by atoms with Crippen molar-refractivity contribution in [1.82, 2.24) is 4.90 Å². The van der Waals surface area contributed by atoms with E-state index >= 15 is 0 Å². The van der Waals surface area contributed by atoms with Crippen LogP contribution in [0.3, 0.4) is 0 Å². The van der Waals surface area contributed by atoms with E-state index in [1.807, 2.05) is 7.11 Å². The van der Waals surface area contributed by atoms with E-state index in [1.165, 1.54) is 32.2 Å². The largest absolute Gasteiger partial charge is 0.381 e. The van der Waals surface area contributed by atoms with Gasteiger partial charge in [-0.2, -0.15) is 0 Å². The van der Waals surface area contributed by atoms with Crippen molar-refractivity contribution in [3.05, 3.63) is 0 Å². The molecule has 1 saturated carbocycles. The Morgan fingerprint density at radius 2 is 2.15 bits per heavy atom. The van der Waals surface area contributed by atoms with E-state index in [2.05, 4.69) is 4.90 Å². The maximum absolute atomic E-state index is 5.89. The van der Waals surface area contributed by atoms with E-state index in [1.54, 1.807) is 0 Å². The molecule has 0 spiro atoms. The number of nitrogens with zero attached hydrogens (tertiary/aromatic N) is 1. The summed E-state index contributed by atoms with van der Waals surface area (Å²) in [7, 11) is 1.82. The van der Waals surface area contributed by atoms with Crippen LogP contribution in [0, 0.1) is 0 Å². The molecule has 0 bridgehead atoms. The van der Waals surface area contributed by atoms with Crippen LogP contribution in [0.2, 0.25) is 0 Å². The fraction of sp³-hybridized carbons (Fsp3) is 1.00. The van der Waals surface area contributed by atoms with Crippen LogP contribution in [-0.2, 0) is 4.74 Å². The molecule has 1 aliphatic heterocycles. The first-order chi connectivity index (χ1) is 6.29. The Balaban J connectivity index is 1.82. The molecule has 0 aromatic rings. The number of ether oxygens (including phenoxy) is 1. The molecule has 3 heteroatoms. The van der Waals surface area contributed by atoms with E-state index in [0.717, 1.165) is 12.6 Å². The number of likely N-dealkylation sites (tertiary alicyclic amines) is 1. The van der Waals surface area contributed by atoms with Gasteiger partial charge in [-0.15, -0.1) is 0 Å². The summed E-state index contributed by atoms with van der Waals surface area (Å²) in [5, 5.41) is 0. The predicted molar refractivity (Wildman–Crippen MR) is 52.6 cm³/mol. The first-order valence-corrected chi connectivity index (χ1v) is 5.32. The van der Waals surface area contributed by atoms with Crippen LogP contribution in [-0.4, -0.2) is 43.3 Å². The molecule has 1 aliphatic carbocycles. The van der Waals surface area contributed by atoms with E-state index in [9.17, 15) is 0 Å². The average Bonchev–Trinajstić information content (AvgIpc) is 2.71. The Kier molecular flexibility index (Phi) is 2.86. The van der Waals surface area contributed by atoms with Crippen LogP contribution >= 0.6 is 0 Å². The Morgan fingerprint density at radius 1 is 1.31 bits per heavy atom. The van der Waals surface area contributed by atoms with Crippen molar-refractivity contribution in [1.29, 1.82) is 0 Å². The molecular formula is C10H20N2O. The highest BCUT2D eigenvalue weighted by Crippen LogP contribution is 2.28. The summed E-state index contributed by atoms with van der Waals surface area (Å²) in [5.74, 6) is 0. The third kappa shape index (κ3) is 2.03. The fourth-order valence-corrected chi connectivity index (χ4v) is 2.61. The number of hydrogen-bond acceptors (Lipinski definition) is 3. The second-order valence-electron chi connectivity index (χ2n) is 4.37. The van der Waals surface area contributed by atoms with E-state index in [-0.39, 0.29) is 0 Å². The predicted octanol–water partition coefficient (Wildman–Crippen LogP) is 0.587. The normalized spacial score (nSPS) is 41.5. The van der Waals surface area contributed by atoms with Gasteiger partial charge < -0.3 is 10.5 Å². The molecule has 3 nitrogen and oxygen atoms in total. The molecule has 0 radical (unpaired) electrons. The molecule has 3 atom stereocenters. The maximum Gasteiger partial charge on any atom is 0.0586 e. The summed E-state index contributed by atoms with van der Waals surface area (Å²) in [5.41, 5.74) is 5.89. The lowest BCUT2D eigenvalue weighted by Crippen LogP contribution is -2.34. The third-order valence-corrected chi connectivity index (χ3v) is 3.46. The standard InChI is InChI=1S/C10H20N2O/c1-13-10-3-2-9(6-10)12-5-4-8(11)7-12/h8-10H,2-7,11H2,1H3. The van der Waals surface area contributed by atoms with Gasteiger partial charge in [-0.1, -0.05) is 0 Å². The molecule has 2 rings (SSSR count). The molecular weight excluding hydrogens is 164 g/mol. The Hall–Kier alpha value is -0.120. The van der Waals surface area contributed by atoms with Gasteiger partial charge in [0.2, 0.25) is 0 Å². The Bertz CT molecular complexity index is 174. The smallest absolute Gasteiger partial charge is 0.0586 e. The van der Waals surface area contributed by atoms with Crippen LogP contribution in [0.5, 0.6) is 0 Å². The van der Waals surface area contributed by atoms with Crippen LogP contribution in [0.1, 0.15) is 25.7 Å². The van der Waals surface area contributed by atoms with Crippen LogP contribution in [0.15, 0.2) is 0 Å². The van der Waals surface area contributed by atoms with Gasteiger partial charge in [-0.05, 0) is 25.7 Å². The zero-order valence-corrected chi connectivity index (χ0v) is 8.41. The second kappa shape index (κ2) is 3.95. The molecule has 2 aliphatic rings. The molecule has 3 unspecified atom stereocenters. The monoisotopic (exact) mass is 184 g/mol. The van der Waals surface area contributed by atoms with Gasteiger partial charge >= 0.3 is 0 Å². The first-order valence-electron chi connectivity index (χ1n) is 5.32. The molecule has 2 fully saturated rings. The number of nitrogens with two attached hydrogens (primary N) is 1. The van der Waals surface area contributed by atoms with Gasteiger partial charge in [0.25, 0.3) is 0 Å². The van der Waals surface area contributed by atoms with Crippen molar-refractivity contribution in [2.24, 2.45) is 5.73 Å². The van der Waals surface area contributed by atoms with Crippen molar-refractivity contribution < 1.29 is 4.74 Å². The van der Waals surface area contributed by atoms with Crippen molar-refractivity contribution >= 4 is 0 Å². The first kappa shape index (κ1) is 9.44. The minimum absolute atomic E-state index is 0.418. The average molecular weight is 184 g/mol. The van der Waals surface area contributed by atoms with Crippen molar-refractivity contribution in [3.8, 4) is 0 Å². The zero-order valence-electron chi connectivity index (χ0n) is 8.41. The van der Waals surface area contributed by atoms with Gasteiger partial charge in [0, 0.05) is 32.3 Å². The lowest BCUT2D eigenvalue weighted by atomic mass is 10.2. The molecule has 0 aromatic carbocycles. The van der Waals surface area contributed by atoms with E-state index in [0.29, 0.717) is 12.1 Å². The van der Waals surface area contributed by atoms with Crippen molar-refractivity contribution in [3.63, 3.8) is 0 Å². The highest BCUT2D eigenvalue weighted by molar-refractivity contribution is 4.88. The van der Waals surface area contributed by atoms with Crippen molar-refractivity contribution in [2.75, 3.05) is 20.2 Å². The van der Waals surface area contributed by atoms with E-state index in [4.69, 9.17) is 10.5 Å². The lowest BCUT2D eigenvalue weighted by Gasteiger charge is -2.23. The lowest BCUT2D eigenvalue weighted by molar-refractivity contribution is 0.0996. The minimum atomic E-state index is 0.418. The van der Waals surface area contributed by atoms with Gasteiger partial charge in [-0.3, -0.25) is 4.90 Å². The summed E-state index contributed by atoms with van der Waals surface area (Å²) in [4.78, 5) is 2.55. The molecule has 1 saturated heterocycles. The quantitative estimate of drug-likeness (QED) is 0.682. The summed E-state index contributed by atoms with van der Waals surface area (Å²) < 4.78 is 5.37. The van der Waals surface area contributed by atoms with E-state index < -0.39 is 0 Å². The van der Waals surface area contributed by atoms with Gasteiger partial charge in [-0.25, -0.2) is 0 Å². The van der Waals surface area contributed by atoms with Crippen LogP contribution < -0.4 is 5.73 Å². The Morgan fingerprint density at radius 3 is 2.69 bits per heavy atom. The molecule has 0 aromatic heterocycles. The van der Waals surface area contributed by atoms with Crippen LogP contribution in [0.25, 0.3) is 0 Å². The topological polar surface area (TPSA) is 38.5 Å². The number of methoxy groups -OCH3 is 1. The highest BCUT2D eigenvalue weighted by Gasteiger charge is 2.32. The molecule has 1 heterocycles. The minimum Gasteiger partial charge on any atom is -0.381 e. The summed E-state index contributed by atoms with van der Waals surface area (Å²) >= 11 is 0. The fourth-order valence-electron chi connectivity index (χ4n) is 2.61. The van der Waals surface area contributed by atoms with Gasteiger partial charge in [0.05, 0.1) is 6.10 Å². The Labute approximate surface area is 80.2 Å². The SMILES string of the molecule is COC1CCC(N2CCC(N)C2)C1. The summed E-state index contributed by atoms with van der Waals surface area (Å²) in [6, 6.07) is 1.17.